The molecule has 0 spiro atoms. The maximum Gasteiger partial charge on any atom is 0.342 e. The van der Waals surface area contributed by atoms with Crippen LogP contribution in [0.3, 0.4) is 0 Å². The van der Waals surface area contributed by atoms with Gasteiger partial charge in [-0.1, -0.05) is 6.08 Å². The molecule has 8 nitrogen and oxygen atoms in total. The van der Waals surface area contributed by atoms with Crippen molar-refractivity contribution >= 4 is 11.8 Å². The van der Waals surface area contributed by atoms with Crippen LogP contribution < -0.4 is 4.74 Å². The predicted octanol–water partition coefficient (Wildman–Crippen LogP) is 1.03. The Morgan fingerprint density at radius 1 is 1.22 bits per heavy atom. The van der Waals surface area contributed by atoms with E-state index in [-0.39, 0.29) is 29.1 Å². The number of cyclic esters (lactones) is 1. The molecule has 3 rings (SSSR count). The highest BCUT2D eigenvalue weighted by atomic mass is 16.6. The van der Waals surface area contributed by atoms with Crippen molar-refractivity contribution in [3.63, 3.8) is 0 Å². The molecule has 0 unspecified atom stereocenters. The monoisotopic (exact) mass is 378 g/mol. The summed E-state index contributed by atoms with van der Waals surface area (Å²) in [6, 6.07) is 2.59. The number of phenols is 1. The average molecular weight is 378 g/mol. The fraction of sp³-hybridized carbons (Fsp3) is 0.474. The normalized spacial score (nSPS) is 31.3. The molecule has 27 heavy (non-hydrogen) atoms. The van der Waals surface area contributed by atoms with E-state index in [1.807, 2.05) is 0 Å². The third-order valence-electron chi connectivity index (χ3n) is 4.64. The number of hydrogen-bond acceptors (Lipinski definition) is 8. The highest BCUT2D eigenvalue weighted by molar-refractivity contribution is 5.96. The number of phenolic OH excluding ortho intramolecular Hbond substituents is 1. The van der Waals surface area contributed by atoms with Crippen LogP contribution >= 0.6 is 0 Å². The number of epoxide rings is 1. The molecule has 2 aliphatic rings. The van der Waals surface area contributed by atoms with Gasteiger partial charge in [-0.15, -0.1) is 0 Å². The van der Waals surface area contributed by atoms with Crippen molar-refractivity contribution in [1.29, 1.82) is 0 Å². The van der Waals surface area contributed by atoms with Crippen molar-refractivity contribution in [2.45, 2.75) is 50.3 Å². The standard InChI is InChI=1S/C19H22O8/c1-9-4-3-5-12(20)18-15(27-18)8-14(22)17(23)11-6-10(25-2)7-13(21)16(11)19(24)26-9/h3,5-7,9,14-15,17-18,21-23H,4,8H2,1-2H3/t9-,14+,15+,17-,18+/m0/s1. The largest absolute Gasteiger partial charge is 0.507 e. The molecule has 0 radical (unpaired) electrons. The SMILES string of the molecule is COc1cc(O)c2c(c1)[C@H](O)[C@H](O)C[C@H]1O[C@@H]1C(=O)C=CC[C@H](C)OC2=O. The second-order valence-electron chi connectivity index (χ2n) is 6.71. The van der Waals surface area contributed by atoms with Crippen LogP contribution in [0.15, 0.2) is 24.3 Å². The third-order valence-corrected chi connectivity index (χ3v) is 4.64. The van der Waals surface area contributed by atoms with Crippen LogP contribution in [0.1, 0.15) is 41.8 Å². The van der Waals surface area contributed by atoms with Crippen LogP contribution in [0, 0.1) is 0 Å². The van der Waals surface area contributed by atoms with Gasteiger partial charge in [0.1, 0.15) is 35.4 Å². The first-order chi connectivity index (χ1) is 12.8. The molecular weight excluding hydrogens is 356 g/mol. The average Bonchev–Trinajstić information content (AvgIpc) is 3.38. The topological polar surface area (TPSA) is 126 Å². The van der Waals surface area contributed by atoms with Crippen molar-refractivity contribution in [2.75, 3.05) is 7.11 Å². The van der Waals surface area contributed by atoms with Gasteiger partial charge < -0.3 is 29.5 Å². The number of rotatable bonds is 1. The van der Waals surface area contributed by atoms with E-state index in [0.29, 0.717) is 6.42 Å². The van der Waals surface area contributed by atoms with Crippen molar-refractivity contribution < 1.29 is 39.1 Å². The van der Waals surface area contributed by atoms with Crippen LogP contribution in [0.5, 0.6) is 11.5 Å². The molecule has 0 aliphatic carbocycles. The lowest BCUT2D eigenvalue weighted by Gasteiger charge is -2.22. The molecule has 1 saturated heterocycles. The smallest absolute Gasteiger partial charge is 0.342 e. The summed E-state index contributed by atoms with van der Waals surface area (Å²) in [5.41, 5.74) is -0.257. The lowest BCUT2D eigenvalue weighted by atomic mass is 9.94. The third kappa shape index (κ3) is 4.13. The van der Waals surface area contributed by atoms with E-state index in [2.05, 4.69) is 0 Å². The molecule has 5 atom stereocenters. The summed E-state index contributed by atoms with van der Waals surface area (Å²) in [6.07, 6.45) is -1.33. The number of ketones is 1. The number of hydrogen-bond donors (Lipinski definition) is 3. The van der Waals surface area contributed by atoms with Crippen molar-refractivity contribution in [2.24, 2.45) is 0 Å². The van der Waals surface area contributed by atoms with Crippen LogP contribution in [-0.2, 0) is 14.3 Å². The number of aromatic hydroxyl groups is 1. The van der Waals surface area contributed by atoms with Crippen LogP contribution in [0.4, 0.5) is 0 Å². The zero-order valence-electron chi connectivity index (χ0n) is 15.0. The molecule has 3 N–H and O–H groups in total. The van der Waals surface area contributed by atoms with Gasteiger partial charge in [0.2, 0.25) is 0 Å². The Bertz CT molecular complexity index is 771. The summed E-state index contributed by atoms with van der Waals surface area (Å²) in [4.78, 5) is 24.6. The van der Waals surface area contributed by atoms with Gasteiger partial charge in [0.05, 0.1) is 19.3 Å². The van der Waals surface area contributed by atoms with E-state index >= 15 is 0 Å². The first-order valence-corrected chi connectivity index (χ1v) is 8.65. The minimum absolute atomic E-state index is 0.00568. The van der Waals surface area contributed by atoms with E-state index in [1.54, 1.807) is 13.0 Å². The Labute approximate surface area is 156 Å². The van der Waals surface area contributed by atoms with E-state index in [1.165, 1.54) is 25.3 Å². The Kier molecular flexibility index (Phi) is 5.50. The number of methoxy groups -OCH3 is 1. The second kappa shape index (κ2) is 7.67. The van der Waals surface area contributed by atoms with Crippen molar-refractivity contribution in [1.82, 2.24) is 0 Å². The number of benzene rings is 1. The number of aliphatic hydroxyl groups is 2. The van der Waals surface area contributed by atoms with Crippen LogP contribution in [-0.4, -0.2) is 58.6 Å². The van der Waals surface area contributed by atoms with Crippen LogP contribution in [0.2, 0.25) is 0 Å². The second-order valence-corrected chi connectivity index (χ2v) is 6.71. The summed E-state index contributed by atoms with van der Waals surface area (Å²) in [7, 11) is 1.37. The van der Waals surface area contributed by atoms with E-state index < -0.39 is 42.2 Å². The maximum atomic E-state index is 12.6. The zero-order chi connectivity index (χ0) is 19.7. The van der Waals surface area contributed by atoms with Gasteiger partial charge in [-0.2, -0.15) is 0 Å². The van der Waals surface area contributed by atoms with E-state index in [9.17, 15) is 24.9 Å². The summed E-state index contributed by atoms with van der Waals surface area (Å²) in [5, 5.41) is 31.2. The fourth-order valence-electron chi connectivity index (χ4n) is 3.10. The first kappa shape index (κ1) is 19.3. The van der Waals surface area contributed by atoms with Gasteiger partial charge in [0.15, 0.2) is 5.78 Å². The van der Waals surface area contributed by atoms with Crippen LogP contribution in [0.25, 0.3) is 0 Å². The van der Waals surface area contributed by atoms with E-state index in [0.717, 1.165) is 0 Å². The summed E-state index contributed by atoms with van der Waals surface area (Å²) in [6.45, 7) is 1.64. The van der Waals surface area contributed by atoms with E-state index in [4.69, 9.17) is 14.2 Å². The molecule has 0 bridgehead atoms. The molecule has 1 fully saturated rings. The molecule has 2 heterocycles. The van der Waals surface area contributed by atoms with Crippen molar-refractivity contribution in [3.8, 4) is 11.5 Å². The molecule has 0 saturated carbocycles. The molecular formula is C19H22O8. The van der Waals surface area contributed by atoms with Gasteiger partial charge in [0, 0.05) is 24.5 Å². The number of carbonyl (C=O) groups excluding carboxylic acids is 2. The highest BCUT2D eigenvalue weighted by Gasteiger charge is 2.45. The predicted molar refractivity (Wildman–Crippen MR) is 92.5 cm³/mol. The van der Waals surface area contributed by atoms with Gasteiger partial charge >= 0.3 is 5.97 Å². The molecule has 8 heteroatoms. The molecule has 1 aromatic carbocycles. The number of carbonyl (C=O) groups is 2. The van der Waals surface area contributed by atoms with Crippen molar-refractivity contribution in [3.05, 3.63) is 35.4 Å². The van der Waals surface area contributed by atoms with Gasteiger partial charge in [-0.25, -0.2) is 4.79 Å². The quantitative estimate of drug-likeness (QED) is 0.489. The van der Waals surface area contributed by atoms with Gasteiger partial charge in [-0.3, -0.25) is 4.79 Å². The minimum Gasteiger partial charge on any atom is -0.507 e. The Balaban J connectivity index is 2.00. The lowest BCUT2D eigenvalue weighted by Crippen LogP contribution is -2.25. The Morgan fingerprint density at radius 2 is 1.96 bits per heavy atom. The number of esters is 1. The Morgan fingerprint density at radius 3 is 2.67 bits per heavy atom. The fourth-order valence-corrected chi connectivity index (χ4v) is 3.10. The van der Waals surface area contributed by atoms with Gasteiger partial charge in [0.25, 0.3) is 0 Å². The maximum absolute atomic E-state index is 12.6. The summed E-state index contributed by atoms with van der Waals surface area (Å²) < 4.78 is 15.7. The first-order valence-electron chi connectivity index (χ1n) is 8.65. The molecule has 2 aliphatic heterocycles. The number of aliphatic hydroxyl groups excluding tert-OH is 2. The number of ether oxygens (including phenoxy) is 3. The summed E-state index contributed by atoms with van der Waals surface area (Å²) in [5.74, 6) is -1.30. The molecule has 0 aromatic heterocycles. The zero-order valence-corrected chi connectivity index (χ0v) is 15.0. The Hall–Kier alpha value is -2.42. The van der Waals surface area contributed by atoms with Gasteiger partial charge in [-0.05, 0) is 19.1 Å². The highest BCUT2D eigenvalue weighted by Crippen LogP contribution is 2.37. The summed E-state index contributed by atoms with van der Waals surface area (Å²) >= 11 is 0. The molecule has 146 valence electrons. The molecule has 0 amide bonds. The minimum atomic E-state index is -1.51. The number of fused-ring (bicyclic) bond motifs is 2. The molecule has 1 aromatic rings. The lowest BCUT2D eigenvalue weighted by molar-refractivity contribution is -0.115.